The van der Waals surface area contributed by atoms with Crippen molar-refractivity contribution >= 4 is 12.1 Å². The zero-order valence-electron chi connectivity index (χ0n) is 18.3. The standard InChI is InChI=1S/C26H25NO6/c1-31-20-11-12-23(32-17-24(28)29)22(15-20)25-21-10-6-5-9-19(21)13-14-27(25)26(30)33-16-18-7-3-2-4-8-18/h2-12,15,25H,13-14,16-17H2,1H3,(H,28,29). The maximum Gasteiger partial charge on any atom is 0.410 e. The number of nitrogens with zero attached hydrogens (tertiary/aromatic N) is 1. The highest BCUT2D eigenvalue weighted by atomic mass is 16.6. The molecule has 1 aliphatic rings. The van der Waals surface area contributed by atoms with Crippen molar-refractivity contribution in [2.24, 2.45) is 0 Å². The molecule has 0 saturated heterocycles. The van der Waals surface area contributed by atoms with Gasteiger partial charge >= 0.3 is 12.1 Å². The van der Waals surface area contributed by atoms with Gasteiger partial charge in [0.25, 0.3) is 0 Å². The summed E-state index contributed by atoms with van der Waals surface area (Å²) in [5.41, 5.74) is 3.58. The van der Waals surface area contributed by atoms with Crippen LogP contribution >= 0.6 is 0 Å². The summed E-state index contributed by atoms with van der Waals surface area (Å²) in [4.78, 5) is 26.0. The van der Waals surface area contributed by atoms with Crippen LogP contribution in [0, 0.1) is 0 Å². The van der Waals surface area contributed by atoms with Crippen LogP contribution in [0.3, 0.4) is 0 Å². The minimum Gasteiger partial charge on any atom is -0.497 e. The molecule has 7 heteroatoms. The number of carbonyl (C=O) groups excluding carboxylic acids is 1. The summed E-state index contributed by atoms with van der Waals surface area (Å²) < 4.78 is 16.6. The molecule has 0 bridgehead atoms. The lowest BCUT2D eigenvalue weighted by Gasteiger charge is -2.37. The molecule has 0 fully saturated rings. The normalized spacial score (nSPS) is 14.8. The number of carboxylic acid groups (broad SMARTS) is 1. The molecular formula is C26H25NO6. The van der Waals surface area contributed by atoms with Gasteiger partial charge in [0, 0.05) is 12.1 Å². The molecule has 33 heavy (non-hydrogen) atoms. The highest BCUT2D eigenvalue weighted by Gasteiger charge is 2.35. The molecule has 1 N–H and O–H groups in total. The van der Waals surface area contributed by atoms with Crippen LogP contribution < -0.4 is 9.47 Å². The van der Waals surface area contributed by atoms with Crippen molar-refractivity contribution in [2.75, 3.05) is 20.3 Å². The van der Waals surface area contributed by atoms with Crippen molar-refractivity contribution in [2.45, 2.75) is 19.1 Å². The van der Waals surface area contributed by atoms with Gasteiger partial charge < -0.3 is 19.3 Å². The minimum absolute atomic E-state index is 0.158. The van der Waals surface area contributed by atoms with E-state index in [9.17, 15) is 9.59 Å². The number of ether oxygens (including phenoxy) is 3. The summed E-state index contributed by atoms with van der Waals surface area (Å²) in [7, 11) is 1.55. The Morgan fingerprint density at radius 1 is 1.00 bits per heavy atom. The summed E-state index contributed by atoms with van der Waals surface area (Å²) in [6.45, 7) is 0.113. The summed E-state index contributed by atoms with van der Waals surface area (Å²) in [5, 5.41) is 9.12. The van der Waals surface area contributed by atoms with E-state index in [2.05, 4.69) is 0 Å². The molecule has 1 unspecified atom stereocenters. The van der Waals surface area contributed by atoms with E-state index >= 15 is 0 Å². The molecule has 170 valence electrons. The third-order valence-corrected chi connectivity index (χ3v) is 5.59. The fourth-order valence-electron chi connectivity index (χ4n) is 4.04. The fraction of sp³-hybridized carbons (Fsp3) is 0.231. The lowest BCUT2D eigenvalue weighted by atomic mass is 9.88. The predicted molar refractivity (Wildman–Crippen MR) is 121 cm³/mol. The fourth-order valence-corrected chi connectivity index (χ4v) is 4.04. The van der Waals surface area contributed by atoms with Gasteiger partial charge in [-0.25, -0.2) is 9.59 Å². The second kappa shape index (κ2) is 10.1. The Morgan fingerprint density at radius 3 is 2.52 bits per heavy atom. The van der Waals surface area contributed by atoms with Crippen LogP contribution in [0.15, 0.2) is 72.8 Å². The van der Waals surface area contributed by atoms with Crippen molar-refractivity contribution in [3.8, 4) is 11.5 Å². The van der Waals surface area contributed by atoms with Crippen LogP contribution in [0.25, 0.3) is 0 Å². The molecule has 0 aromatic heterocycles. The molecule has 0 aliphatic carbocycles. The van der Waals surface area contributed by atoms with Gasteiger partial charge in [-0.2, -0.15) is 0 Å². The first-order valence-corrected chi connectivity index (χ1v) is 10.6. The van der Waals surface area contributed by atoms with Crippen LogP contribution in [0.4, 0.5) is 4.79 Å². The Kier molecular flexibility index (Phi) is 6.78. The number of amides is 1. The number of carbonyl (C=O) groups is 2. The number of rotatable bonds is 7. The topological polar surface area (TPSA) is 85.3 Å². The highest BCUT2D eigenvalue weighted by Crippen LogP contribution is 2.41. The largest absolute Gasteiger partial charge is 0.497 e. The van der Waals surface area contributed by atoms with Gasteiger partial charge in [0.2, 0.25) is 0 Å². The number of hydrogen-bond donors (Lipinski definition) is 1. The van der Waals surface area contributed by atoms with Crippen molar-refractivity contribution < 1.29 is 28.9 Å². The van der Waals surface area contributed by atoms with Crippen LogP contribution in [0.5, 0.6) is 11.5 Å². The molecule has 1 amide bonds. The number of benzene rings is 3. The van der Waals surface area contributed by atoms with Crippen LogP contribution in [0.2, 0.25) is 0 Å². The molecule has 7 nitrogen and oxygen atoms in total. The van der Waals surface area contributed by atoms with Gasteiger partial charge in [-0.05, 0) is 41.3 Å². The van der Waals surface area contributed by atoms with Crippen molar-refractivity contribution in [1.82, 2.24) is 4.90 Å². The van der Waals surface area contributed by atoms with E-state index in [-0.39, 0.29) is 6.61 Å². The Bertz CT molecular complexity index is 1130. The summed E-state index contributed by atoms with van der Waals surface area (Å²) in [6.07, 6.45) is 0.230. The Balaban J connectivity index is 1.71. The van der Waals surface area contributed by atoms with Gasteiger partial charge in [-0.15, -0.1) is 0 Å². The molecule has 1 atom stereocenters. The first kappa shape index (κ1) is 22.2. The third kappa shape index (κ3) is 5.09. The molecule has 0 radical (unpaired) electrons. The maximum absolute atomic E-state index is 13.2. The third-order valence-electron chi connectivity index (χ3n) is 5.59. The molecule has 4 rings (SSSR count). The van der Waals surface area contributed by atoms with Crippen LogP contribution in [-0.2, 0) is 22.6 Å². The average Bonchev–Trinajstić information content (AvgIpc) is 2.85. The molecule has 0 saturated carbocycles. The monoisotopic (exact) mass is 447 g/mol. The van der Waals surface area contributed by atoms with Gasteiger partial charge in [0.1, 0.15) is 18.1 Å². The number of aliphatic carboxylic acids is 1. The molecule has 3 aromatic rings. The number of methoxy groups -OCH3 is 1. The van der Waals surface area contributed by atoms with E-state index in [4.69, 9.17) is 19.3 Å². The van der Waals surface area contributed by atoms with Gasteiger partial charge in [-0.3, -0.25) is 4.90 Å². The average molecular weight is 447 g/mol. The molecular weight excluding hydrogens is 422 g/mol. The lowest BCUT2D eigenvalue weighted by molar-refractivity contribution is -0.139. The SMILES string of the molecule is COc1ccc(OCC(=O)O)c(C2c3ccccc3CCN2C(=O)OCc2ccccc2)c1. The molecule has 3 aromatic carbocycles. The predicted octanol–water partition coefficient (Wildman–Crippen LogP) is 4.44. The van der Waals surface area contributed by atoms with E-state index in [1.165, 1.54) is 0 Å². The summed E-state index contributed by atoms with van der Waals surface area (Å²) in [5.74, 6) is -0.131. The second-order valence-corrected chi connectivity index (χ2v) is 7.67. The van der Waals surface area contributed by atoms with E-state index in [0.29, 0.717) is 30.0 Å². The lowest BCUT2D eigenvalue weighted by Crippen LogP contribution is -2.41. The summed E-state index contributed by atoms with van der Waals surface area (Å²) >= 11 is 0. The van der Waals surface area contributed by atoms with E-state index in [1.54, 1.807) is 30.2 Å². The molecule has 1 heterocycles. The molecule has 1 aliphatic heterocycles. The smallest absolute Gasteiger partial charge is 0.410 e. The van der Waals surface area contributed by atoms with Gasteiger partial charge in [0.15, 0.2) is 6.61 Å². The zero-order valence-corrected chi connectivity index (χ0v) is 18.3. The maximum atomic E-state index is 13.2. The van der Waals surface area contributed by atoms with Crippen molar-refractivity contribution in [1.29, 1.82) is 0 Å². The zero-order chi connectivity index (χ0) is 23.2. The number of fused-ring (bicyclic) bond motifs is 1. The van der Waals surface area contributed by atoms with Gasteiger partial charge in [-0.1, -0.05) is 54.6 Å². The van der Waals surface area contributed by atoms with Gasteiger partial charge in [0.05, 0.1) is 13.2 Å². The van der Waals surface area contributed by atoms with E-state index < -0.39 is 24.7 Å². The Hall–Kier alpha value is -4.00. The van der Waals surface area contributed by atoms with E-state index in [0.717, 1.165) is 16.7 Å². The first-order valence-electron chi connectivity index (χ1n) is 10.6. The number of hydrogen-bond acceptors (Lipinski definition) is 5. The minimum atomic E-state index is -1.08. The van der Waals surface area contributed by atoms with Crippen LogP contribution in [0.1, 0.15) is 28.3 Å². The van der Waals surface area contributed by atoms with Crippen molar-refractivity contribution in [3.63, 3.8) is 0 Å². The Labute approximate surface area is 192 Å². The molecule has 0 spiro atoms. The Morgan fingerprint density at radius 2 is 1.76 bits per heavy atom. The highest BCUT2D eigenvalue weighted by molar-refractivity contribution is 5.71. The quantitative estimate of drug-likeness (QED) is 0.576. The summed E-state index contributed by atoms with van der Waals surface area (Å²) in [6, 6.07) is 22.0. The van der Waals surface area contributed by atoms with E-state index in [1.807, 2.05) is 54.6 Å². The first-order chi connectivity index (χ1) is 16.1. The van der Waals surface area contributed by atoms with Crippen molar-refractivity contribution in [3.05, 3.63) is 95.1 Å². The second-order valence-electron chi connectivity index (χ2n) is 7.67. The number of carboxylic acids is 1. The van der Waals surface area contributed by atoms with Crippen LogP contribution in [-0.4, -0.2) is 42.3 Å².